The number of anilines is 1. The van der Waals surface area contributed by atoms with Crippen LogP contribution in [0.4, 0.5) is 5.69 Å². The topological polar surface area (TPSA) is 56.1 Å². The molecule has 112 valence electrons. The van der Waals surface area contributed by atoms with Crippen molar-refractivity contribution in [3.05, 3.63) is 42.2 Å². The highest BCUT2D eigenvalue weighted by Crippen LogP contribution is 2.19. The molecule has 0 aliphatic heterocycles. The summed E-state index contributed by atoms with van der Waals surface area (Å²) in [4.78, 5) is 12.0. The molecule has 1 aromatic carbocycles. The van der Waals surface area contributed by atoms with E-state index in [2.05, 4.69) is 31.2 Å². The van der Waals surface area contributed by atoms with Crippen molar-refractivity contribution >= 4 is 11.6 Å². The van der Waals surface area contributed by atoms with Gasteiger partial charge in [-0.1, -0.05) is 20.8 Å². The molecule has 1 amide bonds. The van der Waals surface area contributed by atoms with E-state index in [0.717, 1.165) is 17.1 Å². The van der Waals surface area contributed by atoms with Crippen molar-refractivity contribution in [1.29, 1.82) is 0 Å². The highest BCUT2D eigenvalue weighted by molar-refractivity contribution is 5.90. The normalized spacial score (nSPS) is 11.2. The van der Waals surface area contributed by atoms with Crippen LogP contribution in [-0.2, 0) is 16.8 Å². The number of hydrogen-bond donors (Lipinski definition) is 1. The highest BCUT2D eigenvalue weighted by Gasteiger charge is 2.17. The van der Waals surface area contributed by atoms with E-state index in [0.29, 0.717) is 0 Å². The first-order chi connectivity index (χ1) is 9.88. The fourth-order valence-corrected chi connectivity index (χ4v) is 1.87. The van der Waals surface area contributed by atoms with Crippen LogP contribution >= 0.6 is 0 Å². The van der Waals surface area contributed by atoms with Crippen LogP contribution in [0.2, 0.25) is 0 Å². The second kappa shape index (κ2) is 5.99. The van der Waals surface area contributed by atoms with Crippen LogP contribution in [0.5, 0.6) is 5.75 Å². The minimum absolute atomic E-state index is 0.0162. The van der Waals surface area contributed by atoms with Crippen molar-refractivity contribution in [1.82, 2.24) is 9.78 Å². The third-order valence-electron chi connectivity index (χ3n) is 3.09. The van der Waals surface area contributed by atoms with Gasteiger partial charge < -0.3 is 10.1 Å². The molecule has 21 heavy (non-hydrogen) atoms. The molecule has 0 unspecified atom stereocenters. The van der Waals surface area contributed by atoms with Gasteiger partial charge in [0.1, 0.15) is 12.3 Å². The summed E-state index contributed by atoms with van der Waals surface area (Å²) in [6, 6.07) is 9.17. The van der Waals surface area contributed by atoms with E-state index in [4.69, 9.17) is 4.74 Å². The maximum Gasteiger partial charge on any atom is 0.246 e. The SMILES string of the molecule is COc1ccc(NC(=O)Cn2ccc(C(C)(C)C)n2)cc1. The Morgan fingerprint density at radius 2 is 1.90 bits per heavy atom. The van der Waals surface area contributed by atoms with Gasteiger partial charge in [0.15, 0.2) is 0 Å². The number of rotatable bonds is 4. The average Bonchev–Trinajstić information content (AvgIpc) is 2.88. The number of nitrogens with one attached hydrogen (secondary N) is 1. The Hall–Kier alpha value is -2.30. The van der Waals surface area contributed by atoms with E-state index in [1.165, 1.54) is 0 Å². The van der Waals surface area contributed by atoms with Gasteiger partial charge >= 0.3 is 0 Å². The molecule has 0 bridgehead atoms. The number of carbonyl (C=O) groups is 1. The largest absolute Gasteiger partial charge is 0.497 e. The second-order valence-electron chi connectivity index (χ2n) is 5.93. The van der Waals surface area contributed by atoms with Gasteiger partial charge in [0, 0.05) is 17.3 Å². The van der Waals surface area contributed by atoms with Crippen molar-refractivity contribution in [3.8, 4) is 5.75 Å². The zero-order valence-electron chi connectivity index (χ0n) is 12.9. The monoisotopic (exact) mass is 287 g/mol. The fraction of sp³-hybridized carbons (Fsp3) is 0.375. The Balaban J connectivity index is 1.96. The summed E-state index contributed by atoms with van der Waals surface area (Å²) >= 11 is 0. The number of benzene rings is 1. The van der Waals surface area contributed by atoms with E-state index < -0.39 is 0 Å². The summed E-state index contributed by atoms with van der Waals surface area (Å²) in [6.07, 6.45) is 1.83. The van der Waals surface area contributed by atoms with Crippen molar-refractivity contribution in [2.24, 2.45) is 0 Å². The first-order valence-corrected chi connectivity index (χ1v) is 6.86. The molecule has 0 saturated carbocycles. The molecule has 0 aliphatic rings. The Labute approximate surface area is 124 Å². The Morgan fingerprint density at radius 3 is 2.43 bits per heavy atom. The maximum atomic E-state index is 12.0. The van der Waals surface area contributed by atoms with Gasteiger partial charge in [0.05, 0.1) is 12.8 Å². The van der Waals surface area contributed by atoms with Crippen molar-refractivity contribution in [2.75, 3.05) is 12.4 Å². The van der Waals surface area contributed by atoms with Crippen LogP contribution < -0.4 is 10.1 Å². The molecule has 0 atom stereocenters. The van der Waals surface area contributed by atoms with Crippen molar-refractivity contribution in [3.63, 3.8) is 0 Å². The molecule has 1 aromatic heterocycles. The summed E-state index contributed by atoms with van der Waals surface area (Å²) in [6.45, 7) is 6.48. The third kappa shape index (κ3) is 4.08. The van der Waals surface area contributed by atoms with Gasteiger partial charge in [0.2, 0.25) is 5.91 Å². The summed E-state index contributed by atoms with van der Waals surface area (Å²) in [7, 11) is 1.61. The van der Waals surface area contributed by atoms with E-state index in [9.17, 15) is 4.79 Å². The van der Waals surface area contributed by atoms with Gasteiger partial charge in [-0.2, -0.15) is 5.10 Å². The number of methoxy groups -OCH3 is 1. The highest BCUT2D eigenvalue weighted by atomic mass is 16.5. The lowest BCUT2D eigenvalue weighted by Gasteiger charge is -2.14. The molecule has 1 heterocycles. The van der Waals surface area contributed by atoms with Crippen LogP contribution in [0.25, 0.3) is 0 Å². The predicted molar refractivity (Wildman–Crippen MR) is 82.6 cm³/mol. The summed E-state index contributed by atoms with van der Waals surface area (Å²) in [5, 5.41) is 7.26. The van der Waals surface area contributed by atoms with Gasteiger partial charge in [-0.05, 0) is 30.3 Å². The summed E-state index contributed by atoms with van der Waals surface area (Å²) in [5.74, 6) is 0.652. The standard InChI is InChI=1S/C16H21N3O2/c1-16(2,3)14-9-10-19(18-14)11-15(20)17-12-5-7-13(21-4)8-6-12/h5-10H,11H2,1-4H3,(H,17,20). The lowest BCUT2D eigenvalue weighted by molar-refractivity contribution is -0.116. The minimum Gasteiger partial charge on any atom is -0.497 e. The smallest absolute Gasteiger partial charge is 0.246 e. The van der Waals surface area contributed by atoms with Gasteiger partial charge in [0.25, 0.3) is 0 Å². The molecule has 0 fully saturated rings. The average molecular weight is 287 g/mol. The molecule has 0 saturated heterocycles. The van der Waals surface area contributed by atoms with Crippen molar-refractivity contribution in [2.45, 2.75) is 32.7 Å². The van der Waals surface area contributed by atoms with Gasteiger partial charge in [-0.25, -0.2) is 0 Å². The quantitative estimate of drug-likeness (QED) is 0.940. The molecule has 5 heteroatoms. The first kappa shape index (κ1) is 15.1. The molecule has 0 spiro atoms. The molecule has 1 N–H and O–H groups in total. The second-order valence-corrected chi connectivity index (χ2v) is 5.93. The van der Waals surface area contributed by atoms with Gasteiger partial charge in [-0.3, -0.25) is 9.48 Å². The fourth-order valence-electron chi connectivity index (χ4n) is 1.87. The lowest BCUT2D eigenvalue weighted by Crippen LogP contribution is -2.20. The van der Waals surface area contributed by atoms with E-state index in [-0.39, 0.29) is 17.9 Å². The number of amides is 1. The number of hydrogen-bond acceptors (Lipinski definition) is 3. The van der Waals surface area contributed by atoms with Crippen molar-refractivity contribution < 1.29 is 9.53 Å². The van der Waals surface area contributed by atoms with Crippen LogP contribution in [0.15, 0.2) is 36.5 Å². The predicted octanol–water partition coefficient (Wildman–Crippen LogP) is 2.83. The van der Waals surface area contributed by atoms with Crippen LogP contribution in [0, 0.1) is 0 Å². The van der Waals surface area contributed by atoms with E-state index in [1.54, 1.807) is 36.1 Å². The van der Waals surface area contributed by atoms with Crippen LogP contribution in [0.3, 0.4) is 0 Å². The molecular weight excluding hydrogens is 266 g/mol. The molecule has 0 aliphatic carbocycles. The first-order valence-electron chi connectivity index (χ1n) is 6.86. The summed E-state index contributed by atoms with van der Waals surface area (Å²) in [5.41, 5.74) is 1.70. The minimum atomic E-state index is -0.108. The molecular formula is C16H21N3O2. The van der Waals surface area contributed by atoms with Crippen LogP contribution in [-0.4, -0.2) is 22.8 Å². The number of nitrogens with zero attached hydrogens (tertiary/aromatic N) is 2. The van der Waals surface area contributed by atoms with E-state index in [1.807, 2.05) is 12.3 Å². The number of aromatic nitrogens is 2. The Kier molecular flexibility index (Phi) is 4.31. The maximum absolute atomic E-state index is 12.0. The number of carbonyl (C=O) groups excluding carboxylic acids is 1. The van der Waals surface area contributed by atoms with Crippen LogP contribution in [0.1, 0.15) is 26.5 Å². The third-order valence-corrected chi connectivity index (χ3v) is 3.09. The lowest BCUT2D eigenvalue weighted by atomic mass is 9.93. The van der Waals surface area contributed by atoms with Gasteiger partial charge in [-0.15, -0.1) is 0 Å². The Morgan fingerprint density at radius 1 is 1.24 bits per heavy atom. The molecule has 5 nitrogen and oxygen atoms in total. The number of ether oxygens (including phenoxy) is 1. The molecule has 2 aromatic rings. The zero-order valence-corrected chi connectivity index (χ0v) is 12.9. The summed E-state index contributed by atoms with van der Waals surface area (Å²) < 4.78 is 6.73. The Bertz CT molecular complexity index is 609. The molecule has 2 rings (SSSR count). The van der Waals surface area contributed by atoms with E-state index >= 15 is 0 Å². The zero-order chi connectivity index (χ0) is 15.5. The molecule has 0 radical (unpaired) electrons.